The standard InChI is InChI=1S/C17H20N2O2/c1-11-7-12-8-19(10-16(12)21-11)17(20)14-9-18(2)15-6-4-3-5-13(14)15/h3-6,9,11-12,16H,7-8,10H2,1-2H3/t11-,12+,16-/m1/s1. The summed E-state index contributed by atoms with van der Waals surface area (Å²) in [5.74, 6) is 0.649. The molecule has 0 unspecified atom stereocenters. The maximum atomic E-state index is 12.8. The van der Waals surface area contributed by atoms with Gasteiger partial charge >= 0.3 is 0 Å². The Balaban J connectivity index is 1.63. The minimum atomic E-state index is 0.137. The molecule has 2 aliphatic heterocycles. The number of ether oxygens (including phenoxy) is 1. The molecule has 0 bridgehead atoms. The van der Waals surface area contributed by atoms with E-state index in [0.717, 1.165) is 36.0 Å². The Hall–Kier alpha value is -1.81. The summed E-state index contributed by atoms with van der Waals surface area (Å²) < 4.78 is 7.92. The normalized spacial score (nSPS) is 28.3. The molecule has 0 aliphatic carbocycles. The molecule has 1 aromatic carbocycles. The van der Waals surface area contributed by atoms with Gasteiger partial charge in [0.25, 0.3) is 5.91 Å². The quantitative estimate of drug-likeness (QED) is 0.806. The lowest BCUT2D eigenvalue weighted by Crippen LogP contribution is -2.31. The highest BCUT2D eigenvalue weighted by Gasteiger charge is 2.42. The molecule has 1 amide bonds. The van der Waals surface area contributed by atoms with Crippen LogP contribution in [0.5, 0.6) is 0 Å². The SMILES string of the molecule is C[C@@H]1C[C@H]2CN(C(=O)c3cn(C)c4ccccc34)C[C@H]2O1. The number of fused-ring (bicyclic) bond motifs is 2. The van der Waals surface area contributed by atoms with Gasteiger partial charge in [-0.25, -0.2) is 0 Å². The summed E-state index contributed by atoms with van der Waals surface area (Å²) in [6.07, 6.45) is 3.60. The molecular weight excluding hydrogens is 264 g/mol. The number of aryl methyl sites for hydroxylation is 1. The summed E-state index contributed by atoms with van der Waals surface area (Å²) in [7, 11) is 1.99. The maximum Gasteiger partial charge on any atom is 0.256 e. The largest absolute Gasteiger partial charge is 0.373 e. The van der Waals surface area contributed by atoms with Crippen molar-refractivity contribution < 1.29 is 9.53 Å². The number of hydrogen-bond acceptors (Lipinski definition) is 2. The van der Waals surface area contributed by atoms with Crippen LogP contribution in [0, 0.1) is 5.92 Å². The van der Waals surface area contributed by atoms with E-state index >= 15 is 0 Å². The van der Waals surface area contributed by atoms with Crippen molar-refractivity contribution in [3.8, 4) is 0 Å². The lowest BCUT2D eigenvalue weighted by atomic mass is 10.0. The smallest absolute Gasteiger partial charge is 0.256 e. The van der Waals surface area contributed by atoms with Crippen LogP contribution in [0.3, 0.4) is 0 Å². The van der Waals surface area contributed by atoms with Gasteiger partial charge in [-0.2, -0.15) is 0 Å². The zero-order valence-corrected chi connectivity index (χ0v) is 12.5. The Labute approximate surface area is 124 Å². The Morgan fingerprint density at radius 1 is 1.29 bits per heavy atom. The van der Waals surface area contributed by atoms with Gasteiger partial charge in [0, 0.05) is 43.2 Å². The number of hydrogen-bond donors (Lipinski definition) is 0. The number of aromatic nitrogens is 1. The van der Waals surface area contributed by atoms with E-state index in [-0.39, 0.29) is 12.0 Å². The van der Waals surface area contributed by atoms with Crippen molar-refractivity contribution in [1.29, 1.82) is 0 Å². The van der Waals surface area contributed by atoms with Gasteiger partial charge in [0.15, 0.2) is 0 Å². The van der Waals surface area contributed by atoms with Crippen LogP contribution in [0.2, 0.25) is 0 Å². The van der Waals surface area contributed by atoms with Crippen LogP contribution >= 0.6 is 0 Å². The second kappa shape index (κ2) is 4.60. The van der Waals surface area contributed by atoms with Crippen molar-refractivity contribution in [2.24, 2.45) is 13.0 Å². The van der Waals surface area contributed by atoms with Crippen LogP contribution in [-0.2, 0) is 11.8 Å². The fourth-order valence-electron chi connectivity index (χ4n) is 3.85. The average Bonchev–Trinajstić information content (AvgIpc) is 3.10. The summed E-state index contributed by atoms with van der Waals surface area (Å²) >= 11 is 0. The van der Waals surface area contributed by atoms with Crippen LogP contribution in [-0.4, -0.2) is 40.7 Å². The van der Waals surface area contributed by atoms with Gasteiger partial charge in [-0.3, -0.25) is 4.79 Å². The van der Waals surface area contributed by atoms with Crippen molar-refractivity contribution in [2.75, 3.05) is 13.1 Å². The van der Waals surface area contributed by atoms with Crippen LogP contribution < -0.4 is 0 Å². The first-order chi connectivity index (χ1) is 10.1. The van der Waals surface area contributed by atoms with Gasteiger partial charge in [0.2, 0.25) is 0 Å². The van der Waals surface area contributed by atoms with E-state index < -0.39 is 0 Å². The second-order valence-corrected chi connectivity index (χ2v) is 6.36. The number of carbonyl (C=O) groups excluding carboxylic acids is 1. The van der Waals surface area contributed by atoms with Gasteiger partial charge < -0.3 is 14.2 Å². The molecule has 3 heterocycles. The summed E-state index contributed by atoms with van der Waals surface area (Å²) in [6, 6.07) is 8.07. The number of rotatable bonds is 1. The van der Waals surface area contributed by atoms with Crippen molar-refractivity contribution in [3.05, 3.63) is 36.0 Å². The van der Waals surface area contributed by atoms with Crippen LogP contribution in [0.25, 0.3) is 10.9 Å². The molecule has 110 valence electrons. The first kappa shape index (κ1) is 12.9. The van der Waals surface area contributed by atoms with E-state index in [1.54, 1.807) is 0 Å². The fourth-order valence-corrected chi connectivity index (χ4v) is 3.85. The van der Waals surface area contributed by atoms with Gasteiger partial charge in [-0.1, -0.05) is 18.2 Å². The molecule has 4 nitrogen and oxygen atoms in total. The first-order valence-electron chi connectivity index (χ1n) is 7.62. The number of likely N-dealkylation sites (tertiary alicyclic amines) is 1. The highest BCUT2D eigenvalue weighted by atomic mass is 16.5. The van der Waals surface area contributed by atoms with E-state index in [0.29, 0.717) is 12.0 Å². The van der Waals surface area contributed by atoms with Crippen LogP contribution in [0.1, 0.15) is 23.7 Å². The lowest BCUT2D eigenvalue weighted by Gasteiger charge is -2.18. The zero-order valence-electron chi connectivity index (χ0n) is 12.5. The third-order valence-electron chi connectivity index (χ3n) is 4.84. The Morgan fingerprint density at radius 2 is 2.10 bits per heavy atom. The molecule has 1 aromatic heterocycles. The number of para-hydroxylation sites is 1. The first-order valence-corrected chi connectivity index (χ1v) is 7.62. The molecule has 2 aliphatic rings. The minimum Gasteiger partial charge on any atom is -0.373 e. The second-order valence-electron chi connectivity index (χ2n) is 6.36. The summed E-state index contributed by atoms with van der Waals surface area (Å²) in [5.41, 5.74) is 1.91. The average molecular weight is 284 g/mol. The van der Waals surface area contributed by atoms with E-state index in [9.17, 15) is 4.79 Å². The molecule has 0 N–H and O–H groups in total. The molecule has 2 fully saturated rings. The van der Waals surface area contributed by atoms with Gasteiger partial charge in [0.1, 0.15) is 0 Å². The van der Waals surface area contributed by atoms with Crippen molar-refractivity contribution in [3.63, 3.8) is 0 Å². The van der Waals surface area contributed by atoms with Crippen molar-refractivity contribution >= 4 is 16.8 Å². The minimum absolute atomic E-state index is 0.137. The monoisotopic (exact) mass is 284 g/mol. The molecule has 2 saturated heterocycles. The van der Waals surface area contributed by atoms with E-state index in [4.69, 9.17) is 4.74 Å². The topological polar surface area (TPSA) is 34.5 Å². The van der Waals surface area contributed by atoms with E-state index in [2.05, 4.69) is 13.0 Å². The highest BCUT2D eigenvalue weighted by Crippen LogP contribution is 2.34. The molecule has 2 aromatic rings. The Bertz CT molecular complexity index is 692. The number of carbonyl (C=O) groups is 1. The molecule has 21 heavy (non-hydrogen) atoms. The lowest BCUT2D eigenvalue weighted by molar-refractivity contribution is 0.0444. The molecule has 0 saturated carbocycles. The van der Waals surface area contributed by atoms with Crippen molar-refractivity contribution in [1.82, 2.24) is 9.47 Å². The van der Waals surface area contributed by atoms with Crippen LogP contribution in [0.4, 0.5) is 0 Å². The maximum absolute atomic E-state index is 12.8. The Kier molecular flexibility index (Phi) is 2.82. The molecular formula is C17H20N2O2. The highest BCUT2D eigenvalue weighted by molar-refractivity contribution is 6.07. The molecule has 3 atom stereocenters. The van der Waals surface area contributed by atoms with Gasteiger partial charge in [-0.15, -0.1) is 0 Å². The molecule has 4 heteroatoms. The summed E-state index contributed by atoms with van der Waals surface area (Å²) in [5, 5.41) is 1.04. The Morgan fingerprint density at radius 3 is 2.90 bits per heavy atom. The third kappa shape index (κ3) is 1.97. The predicted octanol–water partition coefficient (Wildman–Crippen LogP) is 2.43. The van der Waals surface area contributed by atoms with Gasteiger partial charge in [-0.05, 0) is 19.4 Å². The van der Waals surface area contributed by atoms with Crippen LogP contribution in [0.15, 0.2) is 30.5 Å². The van der Waals surface area contributed by atoms with E-state index in [1.165, 1.54) is 0 Å². The summed E-state index contributed by atoms with van der Waals surface area (Å²) in [6.45, 7) is 3.68. The number of nitrogens with zero attached hydrogens (tertiary/aromatic N) is 2. The molecule has 4 rings (SSSR count). The third-order valence-corrected chi connectivity index (χ3v) is 4.84. The van der Waals surface area contributed by atoms with Gasteiger partial charge in [0.05, 0.1) is 17.8 Å². The van der Waals surface area contributed by atoms with E-state index in [1.807, 2.05) is 40.9 Å². The molecule has 0 radical (unpaired) electrons. The fraction of sp³-hybridized carbons (Fsp3) is 0.471. The van der Waals surface area contributed by atoms with Crippen molar-refractivity contribution in [2.45, 2.75) is 25.6 Å². The zero-order chi connectivity index (χ0) is 14.6. The predicted molar refractivity (Wildman–Crippen MR) is 81.3 cm³/mol. The number of amides is 1. The molecule has 0 spiro atoms. The summed E-state index contributed by atoms with van der Waals surface area (Å²) in [4.78, 5) is 14.8. The number of benzene rings is 1.